The molecular weight excluding hydrogens is 492 g/mol. The molecule has 2 N–H and O–H groups in total. The number of hydrogen-bond donors (Lipinski definition) is 2. The van der Waals surface area contributed by atoms with Crippen LogP contribution in [0.3, 0.4) is 0 Å². The van der Waals surface area contributed by atoms with Crippen LogP contribution < -0.4 is 5.32 Å². The smallest absolute Gasteiger partial charge is 0.217 e. The van der Waals surface area contributed by atoms with Crippen LogP contribution >= 0.6 is 0 Å². The molecule has 7 nitrogen and oxygen atoms in total. The summed E-state index contributed by atoms with van der Waals surface area (Å²) >= 11 is 0. The Bertz CT molecular complexity index is 1240. The van der Waals surface area contributed by atoms with Crippen LogP contribution in [0, 0.1) is 5.92 Å². The van der Waals surface area contributed by atoms with E-state index in [1.807, 2.05) is 30.3 Å². The van der Waals surface area contributed by atoms with Gasteiger partial charge < -0.3 is 24.6 Å². The summed E-state index contributed by atoms with van der Waals surface area (Å²) in [6.45, 7) is 8.35. The molecule has 3 aromatic rings. The van der Waals surface area contributed by atoms with Gasteiger partial charge >= 0.3 is 0 Å². The van der Waals surface area contributed by atoms with Crippen LogP contribution in [0.25, 0.3) is 11.1 Å². The number of amides is 1. The fourth-order valence-corrected chi connectivity index (χ4v) is 5.32. The van der Waals surface area contributed by atoms with Crippen LogP contribution in [-0.2, 0) is 32.2 Å². The number of nitrogens with zero attached hydrogens (tertiary/aromatic N) is 1. The predicted molar refractivity (Wildman–Crippen MR) is 150 cm³/mol. The van der Waals surface area contributed by atoms with Crippen molar-refractivity contribution in [2.24, 2.45) is 5.92 Å². The third kappa shape index (κ3) is 6.93. The van der Waals surface area contributed by atoms with Crippen LogP contribution in [0.5, 0.6) is 0 Å². The molecule has 7 heteroatoms. The van der Waals surface area contributed by atoms with Gasteiger partial charge in [0.15, 0.2) is 6.29 Å². The molecule has 0 aliphatic carbocycles. The van der Waals surface area contributed by atoms with Crippen LogP contribution in [0.4, 0.5) is 0 Å². The second kappa shape index (κ2) is 12.9. The Morgan fingerprint density at radius 2 is 1.64 bits per heavy atom. The minimum atomic E-state index is -0.516. The average molecular weight is 531 g/mol. The van der Waals surface area contributed by atoms with Gasteiger partial charge in [0.25, 0.3) is 0 Å². The monoisotopic (exact) mass is 530 g/mol. The quantitative estimate of drug-likeness (QED) is 0.443. The molecule has 0 aromatic heterocycles. The first-order valence-corrected chi connectivity index (χ1v) is 13.7. The number of aliphatic hydroxyl groups excluding tert-OH is 1. The zero-order valence-electron chi connectivity index (χ0n) is 22.7. The molecule has 2 heterocycles. The van der Waals surface area contributed by atoms with Crippen molar-refractivity contribution in [2.75, 3.05) is 32.8 Å². The van der Waals surface area contributed by atoms with Gasteiger partial charge in [-0.25, -0.2) is 0 Å². The van der Waals surface area contributed by atoms with E-state index in [1.165, 1.54) is 6.92 Å². The van der Waals surface area contributed by atoms with Crippen molar-refractivity contribution in [3.63, 3.8) is 0 Å². The summed E-state index contributed by atoms with van der Waals surface area (Å²) in [5, 5.41) is 12.4. The minimum Gasteiger partial charge on any atom is -0.392 e. The lowest BCUT2D eigenvalue weighted by atomic mass is 9.89. The highest BCUT2D eigenvalue weighted by Crippen LogP contribution is 2.42. The van der Waals surface area contributed by atoms with E-state index in [0.29, 0.717) is 6.54 Å². The highest BCUT2D eigenvalue weighted by atomic mass is 16.7. The van der Waals surface area contributed by atoms with Gasteiger partial charge in [-0.05, 0) is 39.9 Å². The van der Waals surface area contributed by atoms with Crippen molar-refractivity contribution >= 4 is 5.91 Å². The summed E-state index contributed by atoms with van der Waals surface area (Å²) in [5.41, 5.74) is 6.12. The van der Waals surface area contributed by atoms with Gasteiger partial charge in [0.1, 0.15) is 0 Å². The lowest BCUT2D eigenvalue weighted by Gasteiger charge is -2.43. The molecule has 2 aliphatic rings. The van der Waals surface area contributed by atoms with Crippen molar-refractivity contribution in [3.8, 4) is 11.1 Å². The number of nitrogens with one attached hydrogen (secondary N) is 1. The second-order valence-corrected chi connectivity index (χ2v) is 10.5. The molecule has 206 valence electrons. The summed E-state index contributed by atoms with van der Waals surface area (Å²) in [4.78, 5) is 13.8. The largest absolute Gasteiger partial charge is 0.392 e. The predicted octanol–water partition coefficient (Wildman–Crippen LogP) is 4.61. The van der Waals surface area contributed by atoms with Crippen molar-refractivity contribution in [3.05, 3.63) is 95.1 Å². The fraction of sp³-hybridized carbons (Fsp3) is 0.406. The van der Waals surface area contributed by atoms with E-state index >= 15 is 0 Å². The minimum absolute atomic E-state index is 0.0194. The van der Waals surface area contributed by atoms with E-state index in [-0.39, 0.29) is 30.6 Å². The number of morpholine rings is 1. The first-order valence-electron chi connectivity index (χ1n) is 13.7. The van der Waals surface area contributed by atoms with Crippen LogP contribution in [-0.4, -0.2) is 54.9 Å². The van der Waals surface area contributed by atoms with Crippen LogP contribution in [0.2, 0.25) is 0 Å². The molecule has 4 atom stereocenters. The summed E-state index contributed by atoms with van der Waals surface area (Å²) in [7, 11) is 0. The molecule has 0 spiro atoms. The molecule has 0 radical (unpaired) electrons. The normalized spacial score (nSPS) is 23.9. The third-order valence-electron chi connectivity index (χ3n) is 7.63. The van der Waals surface area contributed by atoms with Gasteiger partial charge in [0.05, 0.1) is 32.0 Å². The number of hydrogen-bond acceptors (Lipinski definition) is 6. The van der Waals surface area contributed by atoms with E-state index in [9.17, 15) is 9.90 Å². The second-order valence-electron chi connectivity index (χ2n) is 10.5. The average Bonchev–Trinajstić information content (AvgIpc) is 2.98. The molecule has 0 unspecified atom stereocenters. The molecule has 0 saturated carbocycles. The van der Waals surface area contributed by atoms with Gasteiger partial charge in [0.2, 0.25) is 5.91 Å². The lowest BCUT2D eigenvalue weighted by molar-refractivity contribution is -0.277. The summed E-state index contributed by atoms with van der Waals surface area (Å²) in [5.74, 6) is 0.0909. The van der Waals surface area contributed by atoms with Crippen molar-refractivity contribution in [1.82, 2.24) is 10.2 Å². The van der Waals surface area contributed by atoms with Crippen molar-refractivity contribution in [1.29, 1.82) is 0 Å². The van der Waals surface area contributed by atoms with Crippen molar-refractivity contribution < 1.29 is 24.1 Å². The number of carbonyl (C=O) groups is 1. The first kappa shape index (κ1) is 27.5. The maximum absolute atomic E-state index is 11.4. The maximum Gasteiger partial charge on any atom is 0.217 e. The summed E-state index contributed by atoms with van der Waals surface area (Å²) < 4.78 is 18.9. The Morgan fingerprint density at radius 1 is 0.923 bits per heavy atom. The molecule has 2 fully saturated rings. The number of benzene rings is 3. The Hall–Kier alpha value is -3.07. The molecular formula is C32H38N2O5. The van der Waals surface area contributed by atoms with E-state index < -0.39 is 6.29 Å². The molecule has 1 amide bonds. The van der Waals surface area contributed by atoms with E-state index in [2.05, 4.69) is 59.6 Å². The Kier molecular flexibility index (Phi) is 9.06. The SMILES string of the molecule is CC(=O)NCc1cccc(-c2cccc([C@@H]3O[C@H](CN4CCOCC4)[C@H](C)[C@H](c4ccc(CO)cc4)O3)c2)c1. The summed E-state index contributed by atoms with van der Waals surface area (Å²) in [6.07, 6.45) is -0.682. The highest BCUT2D eigenvalue weighted by molar-refractivity contribution is 5.73. The fourth-order valence-electron chi connectivity index (χ4n) is 5.32. The Labute approximate surface area is 230 Å². The van der Waals surface area contributed by atoms with Crippen LogP contribution in [0.1, 0.15) is 48.5 Å². The molecule has 2 aliphatic heterocycles. The Balaban J connectivity index is 1.41. The summed E-state index contributed by atoms with van der Waals surface area (Å²) in [6, 6.07) is 24.6. The zero-order valence-corrected chi connectivity index (χ0v) is 22.7. The Morgan fingerprint density at radius 3 is 2.36 bits per heavy atom. The van der Waals surface area contributed by atoms with Crippen molar-refractivity contribution in [2.45, 2.75) is 45.5 Å². The number of rotatable bonds is 8. The van der Waals surface area contributed by atoms with Gasteiger partial charge in [-0.2, -0.15) is 0 Å². The first-order chi connectivity index (χ1) is 19.0. The van der Waals surface area contributed by atoms with E-state index in [0.717, 1.165) is 66.2 Å². The molecule has 0 bridgehead atoms. The van der Waals surface area contributed by atoms with Gasteiger partial charge in [-0.3, -0.25) is 9.69 Å². The number of ether oxygens (including phenoxy) is 3. The van der Waals surface area contributed by atoms with Gasteiger partial charge in [-0.1, -0.05) is 67.6 Å². The topological polar surface area (TPSA) is 80.3 Å². The highest BCUT2D eigenvalue weighted by Gasteiger charge is 2.39. The molecule has 3 aromatic carbocycles. The zero-order chi connectivity index (χ0) is 27.2. The molecule has 39 heavy (non-hydrogen) atoms. The lowest BCUT2D eigenvalue weighted by Crippen LogP contribution is -2.47. The number of carbonyl (C=O) groups excluding carboxylic acids is 1. The van der Waals surface area contributed by atoms with E-state index in [4.69, 9.17) is 14.2 Å². The number of aliphatic hydroxyl groups is 1. The third-order valence-corrected chi connectivity index (χ3v) is 7.63. The maximum atomic E-state index is 11.4. The standard InChI is InChI=1S/C32H38N2O5/c1-22-30(20-34-13-15-37-16-14-34)38-32(39-31(22)26-11-9-24(21-35)10-12-26)29-8-4-7-28(18-29)27-6-3-5-25(17-27)19-33-23(2)36/h3-12,17-18,22,30-32,35H,13-16,19-21H2,1-2H3,(H,33,36)/t22-,30+,31+,32+/m0/s1. The molecule has 2 saturated heterocycles. The van der Waals surface area contributed by atoms with Crippen LogP contribution in [0.15, 0.2) is 72.8 Å². The van der Waals surface area contributed by atoms with Gasteiger partial charge in [-0.15, -0.1) is 0 Å². The van der Waals surface area contributed by atoms with E-state index in [1.54, 1.807) is 0 Å². The molecule has 5 rings (SSSR count). The van der Waals surface area contributed by atoms with Gasteiger partial charge in [0, 0.05) is 44.6 Å².